The van der Waals surface area contributed by atoms with Crippen molar-refractivity contribution >= 4 is 35.8 Å². The predicted octanol–water partition coefficient (Wildman–Crippen LogP) is 2.07. The molecule has 0 radical (unpaired) electrons. The van der Waals surface area contributed by atoms with E-state index in [1.54, 1.807) is 25.3 Å². The summed E-state index contributed by atoms with van der Waals surface area (Å²) in [5.74, 6) is 1.81. The summed E-state index contributed by atoms with van der Waals surface area (Å²) in [4.78, 5) is 20.4. The fraction of sp³-hybridized carbons (Fsp3) is 0.667. The first-order valence-corrected chi connectivity index (χ1v) is 9.11. The lowest BCUT2D eigenvalue weighted by Gasteiger charge is -2.24. The molecular weight excluding hydrogens is 445 g/mol. The highest BCUT2D eigenvalue weighted by molar-refractivity contribution is 14.0. The number of carbonyl (C=O) groups is 1. The lowest BCUT2D eigenvalue weighted by atomic mass is 10.2. The first-order valence-electron chi connectivity index (χ1n) is 9.11. The Balaban J connectivity index is 0.00000338. The van der Waals surface area contributed by atoms with Gasteiger partial charge in [0.2, 0.25) is 5.91 Å². The molecule has 1 saturated heterocycles. The van der Waals surface area contributed by atoms with Crippen molar-refractivity contribution in [3.8, 4) is 0 Å². The standard InChI is InChI=1S/C18H31N5O2.HI/c1-4-19-18(20-10-9-17(24)22(2)3)21-14-15(16-8-7-13-25-16)23-11-5-6-12-23;/h7-8,13,15H,4-6,9-12,14H2,1-3H3,(H2,19,20,21);1H. The monoisotopic (exact) mass is 477 g/mol. The Morgan fingerprint density at radius 2 is 2.08 bits per heavy atom. The molecule has 2 heterocycles. The molecule has 1 aromatic rings. The molecule has 8 heteroatoms. The van der Waals surface area contributed by atoms with Crippen molar-refractivity contribution < 1.29 is 9.21 Å². The van der Waals surface area contributed by atoms with E-state index in [0.717, 1.165) is 31.4 Å². The molecule has 0 spiro atoms. The summed E-state index contributed by atoms with van der Waals surface area (Å²) in [6, 6.07) is 4.11. The van der Waals surface area contributed by atoms with Crippen molar-refractivity contribution in [3.05, 3.63) is 24.2 Å². The first-order chi connectivity index (χ1) is 12.1. The van der Waals surface area contributed by atoms with Gasteiger partial charge in [0.25, 0.3) is 0 Å². The van der Waals surface area contributed by atoms with Gasteiger partial charge in [-0.15, -0.1) is 24.0 Å². The van der Waals surface area contributed by atoms with E-state index in [9.17, 15) is 4.79 Å². The van der Waals surface area contributed by atoms with E-state index in [-0.39, 0.29) is 35.9 Å². The minimum absolute atomic E-state index is 0. The number of rotatable bonds is 8. The summed E-state index contributed by atoms with van der Waals surface area (Å²) in [6.45, 7) is 6.18. The molecule has 1 aromatic heterocycles. The Labute approximate surface area is 173 Å². The summed E-state index contributed by atoms with van der Waals surface area (Å²) in [7, 11) is 3.54. The second-order valence-corrected chi connectivity index (χ2v) is 6.46. The van der Waals surface area contributed by atoms with Gasteiger partial charge < -0.3 is 20.0 Å². The molecule has 0 aliphatic carbocycles. The maximum Gasteiger partial charge on any atom is 0.223 e. The van der Waals surface area contributed by atoms with Crippen molar-refractivity contribution in [2.75, 3.05) is 46.8 Å². The van der Waals surface area contributed by atoms with Gasteiger partial charge in [-0.2, -0.15) is 0 Å². The number of guanidine groups is 1. The van der Waals surface area contributed by atoms with Gasteiger partial charge in [0, 0.05) is 33.6 Å². The second-order valence-electron chi connectivity index (χ2n) is 6.46. The third kappa shape index (κ3) is 7.14. The van der Waals surface area contributed by atoms with Crippen LogP contribution in [0.25, 0.3) is 0 Å². The zero-order chi connectivity index (χ0) is 18.1. The summed E-state index contributed by atoms with van der Waals surface area (Å²) < 4.78 is 5.64. The van der Waals surface area contributed by atoms with E-state index in [2.05, 4.69) is 15.5 Å². The molecule has 0 aromatic carbocycles. The largest absolute Gasteiger partial charge is 0.468 e. The van der Waals surface area contributed by atoms with Crippen LogP contribution in [0.3, 0.4) is 0 Å². The number of nitrogens with one attached hydrogen (secondary N) is 2. The Hall–Kier alpha value is -1.29. The van der Waals surface area contributed by atoms with Gasteiger partial charge in [0.05, 0.1) is 18.8 Å². The Kier molecular flexibility index (Phi) is 10.6. The number of hydrogen-bond donors (Lipinski definition) is 2. The summed E-state index contributed by atoms with van der Waals surface area (Å²) in [5.41, 5.74) is 0. The minimum Gasteiger partial charge on any atom is -0.468 e. The van der Waals surface area contributed by atoms with Crippen molar-refractivity contribution in [1.29, 1.82) is 0 Å². The predicted molar refractivity (Wildman–Crippen MR) is 115 cm³/mol. The average Bonchev–Trinajstić information content (AvgIpc) is 3.29. The maximum absolute atomic E-state index is 11.7. The highest BCUT2D eigenvalue weighted by Crippen LogP contribution is 2.25. The molecule has 0 bridgehead atoms. The molecular formula is C18H32IN5O2. The van der Waals surface area contributed by atoms with Crippen LogP contribution in [0.15, 0.2) is 27.8 Å². The molecule has 1 atom stereocenters. The smallest absolute Gasteiger partial charge is 0.223 e. The molecule has 7 nitrogen and oxygen atoms in total. The molecule has 1 aliphatic heterocycles. The molecule has 26 heavy (non-hydrogen) atoms. The number of carbonyl (C=O) groups excluding carboxylic acids is 1. The van der Waals surface area contributed by atoms with Gasteiger partial charge in [0.1, 0.15) is 5.76 Å². The van der Waals surface area contributed by atoms with Gasteiger partial charge in [-0.1, -0.05) is 0 Å². The number of aliphatic imine (C=N–C) groups is 1. The van der Waals surface area contributed by atoms with Crippen LogP contribution < -0.4 is 10.6 Å². The number of halogens is 1. The number of amides is 1. The van der Waals surface area contributed by atoms with Crippen LogP contribution in [-0.4, -0.2) is 68.5 Å². The molecule has 148 valence electrons. The van der Waals surface area contributed by atoms with E-state index < -0.39 is 0 Å². The number of likely N-dealkylation sites (tertiary alicyclic amines) is 1. The van der Waals surface area contributed by atoms with Gasteiger partial charge >= 0.3 is 0 Å². The fourth-order valence-electron chi connectivity index (χ4n) is 2.95. The van der Waals surface area contributed by atoms with Crippen LogP contribution in [0, 0.1) is 0 Å². The third-order valence-electron chi connectivity index (χ3n) is 4.35. The number of furan rings is 1. The molecule has 1 fully saturated rings. The Bertz CT molecular complexity index is 542. The average molecular weight is 477 g/mol. The van der Waals surface area contributed by atoms with Crippen molar-refractivity contribution in [1.82, 2.24) is 20.4 Å². The lowest BCUT2D eigenvalue weighted by molar-refractivity contribution is -0.128. The van der Waals surface area contributed by atoms with Gasteiger partial charge in [-0.05, 0) is 45.0 Å². The van der Waals surface area contributed by atoms with Crippen LogP contribution in [0.5, 0.6) is 0 Å². The van der Waals surface area contributed by atoms with E-state index in [1.165, 1.54) is 12.8 Å². The second kappa shape index (κ2) is 12.2. The molecule has 2 N–H and O–H groups in total. The zero-order valence-corrected chi connectivity index (χ0v) is 18.4. The maximum atomic E-state index is 11.7. The highest BCUT2D eigenvalue weighted by Gasteiger charge is 2.25. The summed E-state index contributed by atoms with van der Waals surface area (Å²) in [5, 5.41) is 6.48. The fourth-order valence-corrected chi connectivity index (χ4v) is 2.95. The molecule has 1 unspecified atom stereocenters. The Morgan fingerprint density at radius 3 is 2.65 bits per heavy atom. The van der Waals surface area contributed by atoms with E-state index in [1.807, 2.05) is 19.1 Å². The van der Waals surface area contributed by atoms with Crippen LogP contribution in [0.4, 0.5) is 0 Å². The zero-order valence-electron chi connectivity index (χ0n) is 16.0. The van der Waals surface area contributed by atoms with Crippen molar-refractivity contribution in [2.45, 2.75) is 32.2 Å². The molecule has 0 saturated carbocycles. The minimum atomic E-state index is 0. The van der Waals surface area contributed by atoms with Crippen LogP contribution >= 0.6 is 24.0 Å². The van der Waals surface area contributed by atoms with Crippen molar-refractivity contribution in [2.24, 2.45) is 4.99 Å². The highest BCUT2D eigenvalue weighted by atomic mass is 127. The number of nitrogens with zero attached hydrogens (tertiary/aromatic N) is 3. The molecule has 1 aliphatic rings. The Morgan fingerprint density at radius 1 is 1.35 bits per heavy atom. The van der Waals surface area contributed by atoms with Crippen LogP contribution in [0.2, 0.25) is 0 Å². The van der Waals surface area contributed by atoms with Crippen molar-refractivity contribution in [3.63, 3.8) is 0 Å². The topological polar surface area (TPSA) is 73.1 Å². The quantitative estimate of drug-likeness (QED) is 0.341. The van der Waals surface area contributed by atoms with Gasteiger partial charge in [-0.3, -0.25) is 14.7 Å². The molecule has 1 amide bonds. The van der Waals surface area contributed by atoms with E-state index in [0.29, 0.717) is 19.5 Å². The molecule has 2 rings (SSSR count). The summed E-state index contributed by atoms with van der Waals surface area (Å²) >= 11 is 0. The first kappa shape index (κ1) is 22.8. The SMILES string of the molecule is CCNC(=NCC(c1ccco1)N1CCCC1)NCCC(=O)N(C)C.I. The lowest BCUT2D eigenvalue weighted by Crippen LogP contribution is -2.40. The van der Waals surface area contributed by atoms with Crippen LogP contribution in [0.1, 0.15) is 38.0 Å². The third-order valence-corrected chi connectivity index (χ3v) is 4.35. The number of hydrogen-bond acceptors (Lipinski definition) is 4. The van der Waals surface area contributed by atoms with E-state index in [4.69, 9.17) is 9.41 Å². The van der Waals surface area contributed by atoms with Gasteiger partial charge in [-0.25, -0.2) is 0 Å². The normalized spacial score (nSPS) is 16.0. The summed E-state index contributed by atoms with van der Waals surface area (Å²) in [6.07, 6.45) is 4.63. The van der Waals surface area contributed by atoms with Gasteiger partial charge in [0.15, 0.2) is 5.96 Å². The van der Waals surface area contributed by atoms with E-state index >= 15 is 0 Å². The van der Waals surface area contributed by atoms with Crippen LogP contribution in [-0.2, 0) is 4.79 Å².